The maximum absolute atomic E-state index is 5.57. The van der Waals surface area contributed by atoms with Crippen molar-refractivity contribution in [1.29, 1.82) is 0 Å². The molecule has 0 spiro atoms. The third-order valence-corrected chi connectivity index (χ3v) is 2.25. The highest BCUT2D eigenvalue weighted by atomic mass is 16.5. The fourth-order valence-electron chi connectivity index (χ4n) is 1.27. The molecule has 1 aliphatic heterocycles. The van der Waals surface area contributed by atoms with Gasteiger partial charge in [-0.1, -0.05) is 0 Å². The zero-order valence-corrected chi connectivity index (χ0v) is 8.23. The second-order valence-corrected chi connectivity index (χ2v) is 3.39. The number of rotatable bonds is 4. The Bertz CT molecular complexity index is 277. The van der Waals surface area contributed by atoms with E-state index in [4.69, 9.17) is 14.2 Å². The van der Waals surface area contributed by atoms with E-state index in [1.807, 2.05) is 24.3 Å². The van der Waals surface area contributed by atoms with Crippen molar-refractivity contribution in [3.63, 3.8) is 0 Å². The van der Waals surface area contributed by atoms with Crippen LogP contribution >= 0.6 is 0 Å². The lowest BCUT2D eigenvalue weighted by Crippen LogP contribution is -2.32. The van der Waals surface area contributed by atoms with Gasteiger partial charge in [0.15, 0.2) is 0 Å². The molecule has 1 aromatic rings. The van der Waals surface area contributed by atoms with E-state index in [1.165, 1.54) is 0 Å². The zero-order valence-electron chi connectivity index (χ0n) is 8.23. The van der Waals surface area contributed by atoms with Crippen molar-refractivity contribution in [2.45, 2.75) is 0 Å². The van der Waals surface area contributed by atoms with Gasteiger partial charge in [-0.3, -0.25) is 0 Å². The largest absolute Gasteiger partial charge is 0.497 e. The smallest absolute Gasteiger partial charge is 0.119 e. The monoisotopic (exact) mass is 194 g/mol. The van der Waals surface area contributed by atoms with Crippen LogP contribution in [0, 0.1) is 5.92 Å². The lowest BCUT2D eigenvalue weighted by molar-refractivity contribution is -0.0508. The Hall–Kier alpha value is -1.22. The molecule has 0 saturated carbocycles. The van der Waals surface area contributed by atoms with Crippen molar-refractivity contribution in [3.8, 4) is 11.5 Å². The molecule has 1 aromatic carbocycles. The summed E-state index contributed by atoms with van der Waals surface area (Å²) in [5, 5.41) is 0. The van der Waals surface area contributed by atoms with Crippen LogP contribution in [0.25, 0.3) is 0 Å². The van der Waals surface area contributed by atoms with Crippen molar-refractivity contribution in [2.75, 3.05) is 26.9 Å². The van der Waals surface area contributed by atoms with Crippen molar-refractivity contribution >= 4 is 0 Å². The van der Waals surface area contributed by atoms with Gasteiger partial charge in [0, 0.05) is 5.92 Å². The van der Waals surface area contributed by atoms with Gasteiger partial charge in [0.05, 0.1) is 26.9 Å². The van der Waals surface area contributed by atoms with E-state index < -0.39 is 0 Å². The molecule has 3 nitrogen and oxygen atoms in total. The summed E-state index contributed by atoms with van der Waals surface area (Å²) >= 11 is 0. The molecular weight excluding hydrogens is 180 g/mol. The molecule has 0 atom stereocenters. The topological polar surface area (TPSA) is 27.7 Å². The molecule has 1 saturated heterocycles. The van der Waals surface area contributed by atoms with Crippen molar-refractivity contribution in [2.24, 2.45) is 5.92 Å². The second-order valence-electron chi connectivity index (χ2n) is 3.39. The summed E-state index contributed by atoms with van der Waals surface area (Å²) in [6.07, 6.45) is 0. The van der Waals surface area contributed by atoms with E-state index in [-0.39, 0.29) is 0 Å². The summed E-state index contributed by atoms with van der Waals surface area (Å²) in [4.78, 5) is 0. The summed E-state index contributed by atoms with van der Waals surface area (Å²) in [7, 11) is 1.65. The second kappa shape index (κ2) is 4.33. The molecule has 1 aliphatic rings. The lowest BCUT2D eigenvalue weighted by Gasteiger charge is -2.25. The minimum Gasteiger partial charge on any atom is -0.497 e. The van der Waals surface area contributed by atoms with Gasteiger partial charge in [-0.15, -0.1) is 0 Å². The van der Waals surface area contributed by atoms with Gasteiger partial charge in [-0.25, -0.2) is 0 Å². The highest BCUT2D eigenvalue weighted by Crippen LogP contribution is 2.18. The Kier molecular flexibility index (Phi) is 2.89. The molecule has 0 amide bonds. The number of methoxy groups -OCH3 is 1. The van der Waals surface area contributed by atoms with Crippen LogP contribution in [0.4, 0.5) is 0 Å². The van der Waals surface area contributed by atoms with Crippen LogP contribution < -0.4 is 9.47 Å². The van der Waals surface area contributed by atoms with E-state index in [9.17, 15) is 0 Å². The van der Waals surface area contributed by atoms with E-state index in [0.717, 1.165) is 31.3 Å². The number of hydrogen-bond acceptors (Lipinski definition) is 3. The highest BCUT2D eigenvalue weighted by molar-refractivity contribution is 5.31. The molecule has 0 bridgehead atoms. The minimum absolute atomic E-state index is 0.567. The van der Waals surface area contributed by atoms with Crippen LogP contribution in [0.3, 0.4) is 0 Å². The standard InChI is InChI=1S/C11H14O3/c1-12-10-2-4-11(5-3-10)14-8-9-6-13-7-9/h2-5,9H,6-8H2,1H3. The van der Waals surface area contributed by atoms with Crippen molar-refractivity contribution < 1.29 is 14.2 Å². The third-order valence-electron chi connectivity index (χ3n) is 2.25. The maximum Gasteiger partial charge on any atom is 0.119 e. The average molecular weight is 194 g/mol. The van der Waals surface area contributed by atoms with Gasteiger partial charge >= 0.3 is 0 Å². The predicted molar refractivity (Wildman–Crippen MR) is 52.8 cm³/mol. The third kappa shape index (κ3) is 2.17. The predicted octanol–water partition coefficient (Wildman–Crippen LogP) is 1.72. The highest BCUT2D eigenvalue weighted by Gasteiger charge is 2.18. The Morgan fingerprint density at radius 3 is 2.36 bits per heavy atom. The van der Waals surface area contributed by atoms with Gasteiger partial charge in [-0.2, -0.15) is 0 Å². The van der Waals surface area contributed by atoms with Crippen LogP contribution in [0.2, 0.25) is 0 Å². The lowest BCUT2D eigenvalue weighted by atomic mass is 10.1. The Balaban J connectivity index is 1.83. The quantitative estimate of drug-likeness (QED) is 0.730. The molecule has 0 aliphatic carbocycles. The fourth-order valence-corrected chi connectivity index (χ4v) is 1.27. The summed E-state index contributed by atoms with van der Waals surface area (Å²) in [6, 6.07) is 7.62. The van der Waals surface area contributed by atoms with Gasteiger partial charge in [0.2, 0.25) is 0 Å². The minimum atomic E-state index is 0.567. The SMILES string of the molecule is COc1ccc(OCC2COC2)cc1. The molecule has 76 valence electrons. The first-order chi connectivity index (χ1) is 6.88. The zero-order chi connectivity index (χ0) is 9.80. The normalized spacial score (nSPS) is 16.1. The van der Waals surface area contributed by atoms with Crippen LogP contribution in [0.1, 0.15) is 0 Å². The van der Waals surface area contributed by atoms with Crippen LogP contribution in [-0.2, 0) is 4.74 Å². The average Bonchev–Trinajstić information content (AvgIpc) is 2.16. The molecule has 1 fully saturated rings. The number of ether oxygens (including phenoxy) is 3. The van der Waals surface area contributed by atoms with E-state index >= 15 is 0 Å². The Morgan fingerprint density at radius 1 is 1.21 bits per heavy atom. The molecule has 0 aromatic heterocycles. The van der Waals surface area contributed by atoms with Crippen molar-refractivity contribution in [1.82, 2.24) is 0 Å². The molecule has 1 heterocycles. The van der Waals surface area contributed by atoms with Gasteiger partial charge in [0.25, 0.3) is 0 Å². The van der Waals surface area contributed by atoms with E-state index in [1.54, 1.807) is 7.11 Å². The molecule has 2 rings (SSSR count). The molecule has 3 heteroatoms. The van der Waals surface area contributed by atoms with Crippen LogP contribution in [0.15, 0.2) is 24.3 Å². The van der Waals surface area contributed by atoms with Gasteiger partial charge in [0.1, 0.15) is 11.5 Å². The summed E-state index contributed by atoms with van der Waals surface area (Å²) < 4.78 is 15.7. The molecule has 14 heavy (non-hydrogen) atoms. The number of hydrogen-bond donors (Lipinski definition) is 0. The first-order valence-corrected chi connectivity index (χ1v) is 4.73. The van der Waals surface area contributed by atoms with Gasteiger partial charge < -0.3 is 14.2 Å². The first kappa shape index (κ1) is 9.34. The molecule has 0 unspecified atom stereocenters. The first-order valence-electron chi connectivity index (χ1n) is 4.73. The Labute approximate surface area is 83.6 Å². The Morgan fingerprint density at radius 2 is 1.86 bits per heavy atom. The van der Waals surface area contributed by atoms with Crippen LogP contribution in [0.5, 0.6) is 11.5 Å². The van der Waals surface area contributed by atoms with E-state index in [0.29, 0.717) is 5.92 Å². The molecule has 0 N–H and O–H groups in total. The molecular formula is C11H14O3. The van der Waals surface area contributed by atoms with Crippen molar-refractivity contribution in [3.05, 3.63) is 24.3 Å². The maximum atomic E-state index is 5.57. The van der Waals surface area contributed by atoms with E-state index in [2.05, 4.69) is 0 Å². The summed E-state index contributed by atoms with van der Waals surface area (Å²) in [6.45, 7) is 2.40. The number of benzene rings is 1. The molecule has 0 radical (unpaired) electrons. The summed E-state index contributed by atoms with van der Waals surface area (Å²) in [5.41, 5.74) is 0. The summed E-state index contributed by atoms with van der Waals surface area (Å²) in [5.74, 6) is 2.30. The fraction of sp³-hybridized carbons (Fsp3) is 0.455. The van der Waals surface area contributed by atoms with Gasteiger partial charge in [-0.05, 0) is 24.3 Å². The van der Waals surface area contributed by atoms with Crippen LogP contribution in [-0.4, -0.2) is 26.9 Å².